The van der Waals surface area contributed by atoms with Gasteiger partial charge in [0.2, 0.25) is 10.0 Å². The molecule has 0 amide bonds. The van der Waals surface area contributed by atoms with Crippen LogP contribution in [0.5, 0.6) is 11.5 Å². The summed E-state index contributed by atoms with van der Waals surface area (Å²) in [7, 11) is -3.71. The van der Waals surface area contributed by atoms with Crippen molar-refractivity contribution in [3.8, 4) is 11.5 Å². The highest BCUT2D eigenvalue weighted by molar-refractivity contribution is 7.89. The minimum absolute atomic E-state index is 0.167. The fraction of sp³-hybridized carbons (Fsp3) is 0.333. The summed E-state index contributed by atoms with van der Waals surface area (Å²) >= 11 is 0. The Bertz CT molecular complexity index is 900. The Morgan fingerprint density at radius 1 is 1.04 bits per heavy atom. The Kier molecular flexibility index (Phi) is 4.13. The molecule has 2 aromatic rings. The van der Waals surface area contributed by atoms with Crippen molar-refractivity contribution in [1.29, 1.82) is 0 Å². The van der Waals surface area contributed by atoms with Gasteiger partial charge in [0.25, 0.3) is 0 Å². The third-order valence-electron chi connectivity index (χ3n) is 4.56. The van der Waals surface area contributed by atoms with E-state index in [1.165, 1.54) is 28.6 Å². The molecule has 7 heteroatoms. The molecule has 0 aromatic heterocycles. The van der Waals surface area contributed by atoms with Gasteiger partial charge in [-0.2, -0.15) is 4.31 Å². The number of sulfonamides is 1. The Morgan fingerprint density at radius 3 is 2.64 bits per heavy atom. The number of hydrogen-bond donors (Lipinski definition) is 0. The van der Waals surface area contributed by atoms with E-state index in [1.807, 2.05) is 0 Å². The van der Waals surface area contributed by atoms with Crippen LogP contribution in [-0.2, 0) is 10.0 Å². The van der Waals surface area contributed by atoms with Crippen molar-refractivity contribution in [2.45, 2.75) is 23.8 Å². The monoisotopic (exact) mass is 363 g/mol. The Hall–Kier alpha value is -2.12. The van der Waals surface area contributed by atoms with Crippen LogP contribution >= 0.6 is 0 Å². The van der Waals surface area contributed by atoms with Crippen LogP contribution in [0, 0.1) is 5.82 Å². The topological polar surface area (TPSA) is 55.8 Å². The van der Waals surface area contributed by atoms with E-state index in [4.69, 9.17) is 9.47 Å². The van der Waals surface area contributed by atoms with E-state index in [9.17, 15) is 12.8 Å². The van der Waals surface area contributed by atoms with Gasteiger partial charge < -0.3 is 9.47 Å². The molecule has 0 unspecified atom stereocenters. The summed E-state index contributed by atoms with van der Waals surface area (Å²) in [5, 5.41) is 0. The minimum Gasteiger partial charge on any atom is -0.486 e. The first-order chi connectivity index (χ1) is 12.1. The number of rotatable bonds is 3. The van der Waals surface area contributed by atoms with E-state index in [-0.39, 0.29) is 16.8 Å². The lowest BCUT2D eigenvalue weighted by molar-refractivity contribution is 0.171. The van der Waals surface area contributed by atoms with Crippen LogP contribution in [0.1, 0.15) is 24.4 Å². The second-order valence-electron chi connectivity index (χ2n) is 6.13. The maximum absolute atomic E-state index is 13.6. The van der Waals surface area contributed by atoms with Gasteiger partial charge in [0.15, 0.2) is 11.5 Å². The molecule has 0 N–H and O–H groups in total. The first-order valence-corrected chi connectivity index (χ1v) is 9.67. The lowest BCUT2D eigenvalue weighted by atomic mass is 10.1. The molecule has 0 saturated carbocycles. The Balaban J connectivity index is 1.69. The van der Waals surface area contributed by atoms with Gasteiger partial charge in [0.05, 0.1) is 10.9 Å². The van der Waals surface area contributed by atoms with E-state index in [0.717, 1.165) is 6.42 Å². The molecule has 1 saturated heterocycles. The molecule has 1 fully saturated rings. The van der Waals surface area contributed by atoms with Crippen LogP contribution in [0.3, 0.4) is 0 Å². The molecular weight excluding hydrogens is 345 g/mol. The predicted molar refractivity (Wildman–Crippen MR) is 89.7 cm³/mol. The van der Waals surface area contributed by atoms with E-state index in [1.54, 1.807) is 18.2 Å². The zero-order valence-electron chi connectivity index (χ0n) is 13.5. The highest BCUT2D eigenvalue weighted by Crippen LogP contribution is 2.39. The van der Waals surface area contributed by atoms with E-state index in [0.29, 0.717) is 43.2 Å². The SMILES string of the molecule is O=S(=O)(c1ccc2c(c1)OCCO2)N1CCC[C@H]1c1cccc(F)c1. The fourth-order valence-corrected chi connectivity index (χ4v) is 5.09. The van der Waals surface area contributed by atoms with Gasteiger partial charge in [-0.15, -0.1) is 0 Å². The molecule has 2 aromatic carbocycles. The number of ether oxygens (including phenoxy) is 2. The van der Waals surface area contributed by atoms with Gasteiger partial charge in [0, 0.05) is 12.6 Å². The smallest absolute Gasteiger partial charge is 0.243 e. The van der Waals surface area contributed by atoms with Crippen molar-refractivity contribution in [3.63, 3.8) is 0 Å². The summed E-state index contributed by atoms with van der Waals surface area (Å²) in [6, 6.07) is 10.4. The molecule has 0 aliphatic carbocycles. The van der Waals surface area contributed by atoms with Crippen molar-refractivity contribution in [3.05, 3.63) is 53.8 Å². The summed E-state index contributed by atoms with van der Waals surface area (Å²) in [5.41, 5.74) is 0.679. The van der Waals surface area contributed by atoms with E-state index in [2.05, 4.69) is 0 Å². The molecule has 132 valence electrons. The molecule has 2 aliphatic heterocycles. The number of benzene rings is 2. The molecule has 4 rings (SSSR count). The molecule has 1 atom stereocenters. The van der Waals surface area contributed by atoms with Gasteiger partial charge in [-0.3, -0.25) is 0 Å². The first kappa shape index (κ1) is 16.4. The van der Waals surface area contributed by atoms with Gasteiger partial charge in [-0.1, -0.05) is 12.1 Å². The van der Waals surface area contributed by atoms with Crippen molar-refractivity contribution < 1.29 is 22.3 Å². The van der Waals surface area contributed by atoms with Crippen LogP contribution in [0.4, 0.5) is 4.39 Å². The average molecular weight is 363 g/mol. The third-order valence-corrected chi connectivity index (χ3v) is 6.46. The first-order valence-electron chi connectivity index (χ1n) is 8.23. The van der Waals surface area contributed by atoms with Crippen molar-refractivity contribution in [1.82, 2.24) is 4.31 Å². The maximum Gasteiger partial charge on any atom is 0.243 e. The zero-order chi connectivity index (χ0) is 17.4. The summed E-state index contributed by atoms with van der Waals surface area (Å²) < 4.78 is 52.2. The molecule has 5 nitrogen and oxygen atoms in total. The van der Waals surface area contributed by atoms with Crippen LogP contribution < -0.4 is 9.47 Å². The normalized spacial score (nSPS) is 20.6. The van der Waals surface area contributed by atoms with Crippen molar-refractivity contribution in [2.75, 3.05) is 19.8 Å². The Labute approximate surface area is 146 Å². The molecule has 0 radical (unpaired) electrons. The summed E-state index contributed by atoms with van der Waals surface area (Å²) in [5.74, 6) is 0.628. The van der Waals surface area contributed by atoms with Gasteiger partial charge in [0.1, 0.15) is 19.0 Å². The van der Waals surface area contributed by atoms with E-state index >= 15 is 0 Å². The second-order valence-corrected chi connectivity index (χ2v) is 8.02. The minimum atomic E-state index is -3.71. The van der Waals surface area contributed by atoms with Crippen LogP contribution in [0.25, 0.3) is 0 Å². The molecule has 2 heterocycles. The van der Waals surface area contributed by atoms with Gasteiger partial charge in [-0.05, 0) is 42.7 Å². The molecule has 25 heavy (non-hydrogen) atoms. The highest BCUT2D eigenvalue weighted by atomic mass is 32.2. The molecular formula is C18H18FNO4S. The number of hydrogen-bond acceptors (Lipinski definition) is 4. The van der Waals surface area contributed by atoms with Crippen LogP contribution in [0.2, 0.25) is 0 Å². The van der Waals surface area contributed by atoms with Crippen molar-refractivity contribution >= 4 is 10.0 Å². The summed E-state index contributed by atoms with van der Waals surface area (Å²) in [6.07, 6.45) is 1.41. The largest absolute Gasteiger partial charge is 0.486 e. The number of halogens is 1. The van der Waals surface area contributed by atoms with Gasteiger partial charge in [-0.25, -0.2) is 12.8 Å². The fourth-order valence-electron chi connectivity index (χ4n) is 3.39. The van der Waals surface area contributed by atoms with Crippen LogP contribution in [-0.4, -0.2) is 32.5 Å². The highest BCUT2D eigenvalue weighted by Gasteiger charge is 2.36. The number of fused-ring (bicyclic) bond motifs is 1. The number of nitrogens with zero attached hydrogens (tertiary/aromatic N) is 1. The molecule has 0 bridgehead atoms. The average Bonchev–Trinajstić information content (AvgIpc) is 3.12. The maximum atomic E-state index is 13.6. The Morgan fingerprint density at radius 2 is 1.84 bits per heavy atom. The summed E-state index contributed by atoms with van der Waals surface area (Å²) in [6.45, 7) is 1.26. The van der Waals surface area contributed by atoms with Crippen molar-refractivity contribution in [2.24, 2.45) is 0 Å². The zero-order valence-corrected chi connectivity index (χ0v) is 14.3. The lowest BCUT2D eigenvalue weighted by Gasteiger charge is -2.25. The predicted octanol–water partition coefficient (Wildman–Crippen LogP) is 3.12. The summed E-state index contributed by atoms with van der Waals surface area (Å²) in [4.78, 5) is 0.167. The second kappa shape index (κ2) is 6.31. The molecule has 2 aliphatic rings. The van der Waals surface area contributed by atoms with E-state index < -0.39 is 10.0 Å². The lowest BCUT2D eigenvalue weighted by Crippen LogP contribution is -2.31. The third kappa shape index (κ3) is 2.98. The quantitative estimate of drug-likeness (QED) is 0.841. The standard InChI is InChI=1S/C18H18FNO4S/c19-14-4-1-3-13(11-14)16-5-2-8-20(16)25(21,22)15-6-7-17-18(12-15)24-10-9-23-17/h1,3-4,6-7,11-12,16H,2,5,8-10H2/t16-/m0/s1. The van der Waals surface area contributed by atoms with Gasteiger partial charge >= 0.3 is 0 Å². The molecule has 0 spiro atoms. The van der Waals surface area contributed by atoms with Crippen LogP contribution in [0.15, 0.2) is 47.4 Å².